The molecule has 0 amide bonds. The van der Waals surface area contributed by atoms with Gasteiger partial charge >= 0.3 is 5.97 Å². The molecule has 0 unspecified atom stereocenters. The summed E-state index contributed by atoms with van der Waals surface area (Å²) in [5, 5.41) is 9.26. The molecule has 92 valence electrons. The summed E-state index contributed by atoms with van der Waals surface area (Å²) in [6, 6.07) is 7.34. The van der Waals surface area contributed by atoms with E-state index in [1.807, 2.05) is 24.3 Å². The number of rotatable bonds is 3. The van der Waals surface area contributed by atoms with Gasteiger partial charge in [-0.1, -0.05) is 0 Å². The van der Waals surface area contributed by atoms with Gasteiger partial charge in [-0.05, 0) is 31.2 Å². The first-order valence-corrected chi connectivity index (χ1v) is 6.19. The minimum Gasteiger partial charge on any atom is -0.497 e. The molecule has 1 N–H and O–H groups in total. The third kappa shape index (κ3) is 2.56. The largest absolute Gasteiger partial charge is 0.497 e. The Bertz CT molecular complexity index is 403. The van der Waals surface area contributed by atoms with E-state index in [0.29, 0.717) is 0 Å². The molecule has 0 saturated carbocycles. The molecule has 3 atom stereocenters. The molecule has 1 fully saturated rings. The summed E-state index contributed by atoms with van der Waals surface area (Å²) in [6.45, 7) is 1.69. The van der Waals surface area contributed by atoms with E-state index >= 15 is 0 Å². The molecular formula is C12H14O4S. The van der Waals surface area contributed by atoms with Crippen LogP contribution >= 0.6 is 11.8 Å². The minimum absolute atomic E-state index is 0.356. The molecule has 4 nitrogen and oxygen atoms in total. The maximum Gasteiger partial charge on any atom is 0.322 e. The van der Waals surface area contributed by atoms with Gasteiger partial charge in [0.15, 0.2) is 0 Å². The van der Waals surface area contributed by atoms with Crippen molar-refractivity contribution in [2.75, 3.05) is 7.11 Å². The summed E-state index contributed by atoms with van der Waals surface area (Å²) < 4.78 is 10.0. The lowest BCUT2D eigenvalue weighted by molar-refractivity contribution is -0.140. The molecule has 0 aliphatic carbocycles. The lowest BCUT2D eigenvalue weighted by Gasteiger charge is -2.11. The second-order valence-electron chi connectivity index (χ2n) is 3.85. The highest BCUT2D eigenvalue weighted by molar-refractivity contribution is 8.00. The first kappa shape index (κ1) is 12.3. The summed E-state index contributed by atoms with van der Waals surface area (Å²) in [5.74, 6) is 0.406. The lowest BCUT2D eigenvalue weighted by atomic mass is 10.2. The highest BCUT2D eigenvalue weighted by Crippen LogP contribution is 2.33. The average Bonchev–Trinajstić information content (AvgIpc) is 2.57. The fourth-order valence-corrected chi connectivity index (χ4v) is 2.72. The van der Waals surface area contributed by atoms with E-state index in [1.54, 1.807) is 14.0 Å². The molecule has 2 rings (SSSR count). The Hall–Kier alpha value is -1.20. The second-order valence-corrected chi connectivity index (χ2v) is 5.06. The van der Waals surface area contributed by atoms with Gasteiger partial charge in [0.1, 0.15) is 23.2 Å². The number of carbonyl (C=O) groups is 1. The summed E-state index contributed by atoms with van der Waals surface area (Å²) in [4.78, 5) is 12.4. The molecule has 0 aromatic heterocycles. The van der Waals surface area contributed by atoms with Gasteiger partial charge in [0.25, 0.3) is 0 Å². The molecule has 1 aliphatic rings. The SMILES string of the molecule is COc1ccc(S[C@@H]2C(=O)O[C@@H](C)[C@@H]2O)cc1. The van der Waals surface area contributed by atoms with Gasteiger partial charge < -0.3 is 14.6 Å². The number of aliphatic hydroxyl groups is 1. The first-order chi connectivity index (χ1) is 8.11. The third-order valence-corrected chi connectivity index (χ3v) is 3.92. The normalized spacial score (nSPS) is 27.9. The van der Waals surface area contributed by atoms with Crippen molar-refractivity contribution in [1.82, 2.24) is 0 Å². The third-order valence-electron chi connectivity index (χ3n) is 2.65. The van der Waals surface area contributed by atoms with Crippen molar-refractivity contribution < 1.29 is 19.4 Å². The van der Waals surface area contributed by atoms with Crippen LogP contribution in [0.25, 0.3) is 0 Å². The number of benzene rings is 1. The van der Waals surface area contributed by atoms with Crippen LogP contribution in [0, 0.1) is 0 Å². The number of carbonyl (C=O) groups excluding carboxylic acids is 1. The molecule has 0 bridgehead atoms. The predicted octanol–water partition coefficient (Wildman–Crippen LogP) is 1.46. The Kier molecular flexibility index (Phi) is 3.59. The molecule has 1 aliphatic heterocycles. The fourth-order valence-electron chi connectivity index (χ4n) is 1.62. The highest BCUT2D eigenvalue weighted by atomic mass is 32.2. The van der Waals surface area contributed by atoms with Crippen LogP contribution in [-0.2, 0) is 9.53 Å². The molecule has 0 spiro atoms. The van der Waals surface area contributed by atoms with Gasteiger partial charge in [0.2, 0.25) is 0 Å². The fraction of sp³-hybridized carbons (Fsp3) is 0.417. The Morgan fingerprint density at radius 1 is 1.35 bits per heavy atom. The van der Waals surface area contributed by atoms with Crippen molar-refractivity contribution in [2.24, 2.45) is 0 Å². The molecule has 5 heteroatoms. The summed E-state index contributed by atoms with van der Waals surface area (Å²) in [5.41, 5.74) is 0. The van der Waals surface area contributed by atoms with Crippen molar-refractivity contribution >= 4 is 17.7 Å². The number of cyclic esters (lactones) is 1. The van der Waals surface area contributed by atoms with Crippen molar-refractivity contribution in [1.29, 1.82) is 0 Å². The van der Waals surface area contributed by atoms with Crippen LogP contribution in [0.1, 0.15) is 6.92 Å². The number of esters is 1. The lowest BCUT2D eigenvalue weighted by Crippen LogP contribution is -2.26. The van der Waals surface area contributed by atoms with Gasteiger partial charge in [0, 0.05) is 4.90 Å². The van der Waals surface area contributed by atoms with Crippen molar-refractivity contribution in [3.05, 3.63) is 24.3 Å². The summed E-state index contributed by atoms with van der Waals surface area (Å²) in [7, 11) is 1.60. The maximum atomic E-state index is 11.5. The number of ether oxygens (including phenoxy) is 2. The Labute approximate surface area is 104 Å². The van der Waals surface area contributed by atoms with E-state index < -0.39 is 17.5 Å². The maximum absolute atomic E-state index is 11.5. The molecule has 1 heterocycles. The molecule has 0 radical (unpaired) electrons. The number of hydrogen-bond acceptors (Lipinski definition) is 5. The van der Waals surface area contributed by atoms with Crippen LogP contribution in [0.4, 0.5) is 0 Å². The van der Waals surface area contributed by atoms with Crippen LogP contribution in [0.5, 0.6) is 5.75 Å². The van der Waals surface area contributed by atoms with Crippen LogP contribution in [0.3, 0.4) is 0 Å². The monoisotopic (exact) mass is 254 g/mol. The molecule has 17 heavy (non-hydrogen) atoms. The van der Waals surface area contributed by atoms with Crippen molar-refractivity contribution in [2.45, 2.75) is 29.3 Å². The van der Waals surface area contributed by atoms with Crippen LogP contribution in [0.15, 0.2) is 29.2 Å². The second kappa shape index (κ2) is 4.98. The zero-order valence-corrected chi connectivity index (χ0v) is 10.4. The summed E-state index contributed by atoms with van der Waals surface area (Å²) in [6.07, 6.45) is -1.19. The standard InChI is InChI=1S/C12H14O4S/c1-7-10(13)11(12(14)16-7)17-9-5-3-8(15-2)4-6-9/h3-7,10-11,13H,1-2H3/t7-,10-,11-/m0/s1. The topological polar surface area (TPSA) is 55.8 Å². The van der Waals surface area contributed by atoms with Gasteiger partial charge in [-0.25, -0.2) is 0 Å². The predicted molar refractivity (Wildman–Crippen MR) is 64.2 cm³/mol. The van der Waals surface area contributed by atoms with Gasteiger partial charge in [-0.15, -0.1) is 11.8 Å². The highest BCUT2D eigenvalue weighted by Gasteiger charge is 2.41. The van der Waals surface area contributed by atoms with Gasteiger partial charge in [0.05, 0.1) is 7.11 Å². The molecule has 1 aromatic rings. The quantitative estimate of drug-likeness (QED) is 0.828. The van der Waals surface area contributed by atoms with Crippen molar-refractivity contribution in [3.8, 4) is 5.75 Å². The van der Waals surface area contributed by atoms with E-state index in [0.717, 1.165) is 10.6 Å². The number of methoxy groups -OCH3 is 1. The molecule has 1 saturated heterocycles. The summed E-state index contributed by atoms with van der Waals surface area (Å²) >= 11 is 1.31. The van der Waals surface area contributed by atoms with Crippen LogP contribution in [-0.4, -0.2) is 35.6 Å². The molecule has 1 aromatic carbocycles. The van der Waals surface area contributed by atoms with E-state index in [1.165, 1.54) is 11.8 Å². The van der Waals surface area contributed by atoms with E-state index in [9.17, 15) is 9.90 Å². The average molecular weight is 254 g/mol. The zero-order chi connectivity index (χ0) is 12.4. The number of aliphatic hydroxyl groups excluding tert-OH is 1. The van der Waals surface area contributed by atoms with E-state index in [-0.39, 0.29) is 5.97 Å². The Morgan fingerprint density at radius 3 is 2.47 bits per heavy atom. The van der Waals surface area contributed by atoms with Crippen LogP contribution < -0.4 is 4.74 Å². The van der Waals surface area contributed by atoms with Gasteiger partial charge in [-0.3, -0.25) is 4.79 Å². The number of thioether (sulfide) groups is 1. The smallest absolute Gasteiger partial charge is 0.322 e. The van der Waals surface area contributed by atoms with Crippen molar-refractivity contribution in [3.63, 3.8) is 0 Å². The Morgan fingerprint density at radius 2 is 2.00 bits per heavy atom. The zero-order valence-electron chi connectivity index (χ0n) is 9.62. The Balaban J connectivity index is 2.07. The van der Waals surface area contributed by atoms with Crippen LogP contribution in [0.2, 0.25) is 0 Å². The first-order valence-electron chi connectivity index (χ1n) is 5.31. The minimum atomic E-state index is -0.755. The number of hydrogen-bond donors (Lipinski definition) is 1. The van der Waals surface area contributed by atoms with Gasteiger partial charge in [-0.2, -0.15) is 0 Å². The van der Waals surface area contributed by atoms with E-state index in [4.69, 9.17) is 9.47 Å². The van der Waals surface area contributed by atoms with E-state index in [2.05, 4.69) is 0 Å². The molecular weight excluding hydrogens is 240 g/mol.